The summed E-state index contributed by atoms with van der Waals surface area (Å²) in [5.41, 5.74) is 0.421. The lowest BCUT2D eigenvalue weighted by Crippen LogP contribution is -2.37. The van der Waals surface area contributed by atoms with Crippen LogP contribution < -0.4 is 10.6 Å². The van der Waals surface area contributed by atoms with Gasteiger partial charge in [0.05, 0.1) is 0 Å². The summed E-state index contributed by atoms with van der Waals surface area (Å²) in [7, 11) is 0. The van der Waals surface area contributed by atoms with E-state index in [1.54, 1.807) is 6.07 Å². The number of rotatable bonds is 3. The van der Waals surface area contributed by atoms with Crippen molar-refractivity contribution in [3.05, 3.63) is 34.6 Å². The van der Waals surface area contributed by atoms with Crippen molar-refractivity contribution >= 4 is 17.5 Å². The summed E-state index contributed by atoms with van der Waals surface area (Å²) in [6.45, 7) is 1.92. The largest absolute Gasteiger partial charge is 0.352 e. The van der Waals surface area contributed by atoms with Crippen molar-refractivity contribution < 1.29 is 9.18 Å². The number of halogens is 2. The van der Waals surface area contributed by atoms with E-state index in [0.29, 0.717) is 10.6 Å². The third kappa shape index (κ3) is 3.43. The van der Waals surface area contributed by atoms with Crippen LogP contribution in [0.1, 0.15) is 18.4 Å². The number of carbonyl (C=O) groups is 1. The molecule has 1 fully saturated rings. The first-order chi connectivity index (χ1) is 8.66. The van der Waals surface area contributed by atoms with Crippen LogP contribution in [0.5, 0.6) is 0 Å². The molecule has 5 heteroatoms. The van der Waals surface area contributed by atoms with Gasteiger partial charge in [0.15, 0.2) is 0 Å². The van der Waals surface area contributed by atoms with Crippen molar-refractivity contribution in [2.45, 2.75) is 19.4 Å². The molecule has 0 radical (unpaired) electrons. The van der Waals surface area contributed by atoms with Crippen LogP contribution in [0.4, 0.5) is 4.39 Å². The van der Waals surface area contributed by atoms with Gasteiger partial charge in [-0.2, -0.15) is 0 Å². The van der Waals surface area contributed by atoms with E-state index < -0.39 is 0 Å². The van der Waals surface area contributed by atoms with Gasteiger partial charge in [0.25, 0.3) is 0 Å². The molecule has 3 nitrogen and oxygen atoms in total. The molecule has 1 heterocycles. The van der Waals surface area contributed by atoms with E-state index in [2.05, 4.69) is 10.6 Å². The van der Waals surface area contributed by atoms with Gasteiger partial charge in [0.2, 0.25) is 5.91 Å². The van der Waals surface area contributed by atoms with Gasteiger partial charge in [-0.3, -0.25) is 4.79 Å². The molecule has 0 spiro atoms. The molecule has 1 aliphatic heterocycles. The van der Waals surface area contributed by atoms with Crippen molar-refractivity contribution in [1.82, 2.24) is 10.6 Å². The zero-order valence-electron chi connectivity index (χ0n) is 10.0. The van der Waals surface area contributed by atoms with Gasteiger partial charge in [0, 0.05) is 23.0 Å². The van der Waals surface area contributed by atoms with E-state index in [9.17, 15) is 9.18 Å². The summed E-state index contributed by atoms with van der Waals surface area (Å²) >= 11 is 5.79. The molecule has 1 aromatic carbocycles. The summed E-state index contributed by atoms with van der Waals surface area (Å²) in [6, 6.07) is 4.35. The summed E-state index contributed by atoms with van der Waals surface area (Å²) < 4.78 is 13.4. The normalized spacial score (nSPS) is 16.6. The summed E-state index contributed by atoms with van der Waals surface area (Å²) in [5, 5.41) is 6.45. The summed E-state index contributed by atoms with van der Waals surface area (Å²) in [5.74, 6) is -0.311. The van der Waals surface area contributed by atoms with Crippen LogP contribution in [-0.4, -0.2) is 19.0 Å². The molecule has 2 rings (SSSR count). The van der Waals surface area contributed by atoms with E-state index in [-0.39, 0.29) is 24.2 Å². The number of nitrogens with one attached hydrogen (secondary N) is 2. The van der Waals surface area contributed by atoms with Crippen LogP contribution in [0.3, 0.4) is 0 Å². The average Bonchev–Trinajstić information content (AvgIpc) is 2.40. The smallest absolute Gasteiger partial charge is 0.223 e. The third-order valence-corrected chi connectivity index (χ3v) is 3.41. The van der Waals surface area contributed by atoms with Gasteiger partial charge in [-0.25, -0.2) is 4.39 Å². The van der Waals surface area contributed by atoms with Crippen molar-refractivity contribution in [3.8, 4) is 0 Å². The Bertz CT molecular complexity index is 433. The molecule has 0 saturated carbocycles. The molecule has 2 N–H and O–H groups in total. The Kier molecular flexibility index (Phi) is 4.55. The lowest BCUT2D eigenvalue weighted by atomic mass is 9.97. The highest BCUT2D eigenvalue weighted by atomic mass is 35.5. The van der Waals surface area contributed by atoms with Crippen molar-refractivity contribution in [2.24, 2.45) is 5.92 Å². The molecular formula is C13H16ClFN2O. The van der Waals surface area contributed by atoms with Gasteiger partial charge < -0.3 is 10.6 Å². The lowest BCUT2D eigenvalue weighted by Gasteiger charge is -2.21. The van der Waals surface area contributed by atoms with Crippen LogP contribution in [0, 0.1) is 11.7 Å². The summed E-state index contributed by atoms with van der Waals surface area (Å²) in [4.78, 5) is 11.9. The molecule has 0 aromatic heterocycles. The number of amides is 1. The Labute approximate surface area is 111 Å². The quantitative estimate of drug-likeness (QED) is 0.883. The highest BCUT2D eigenvalue weighted by Crippen LogP contribution is 2.16. The van der Waals surface area contributed by atoms with Gasteiger partial charge >= 0.3 is 0 Å². The average molecular weight is 271 g/mol. The molecule has 0 aliphatic carbocycles. The Morgan fingerprint density at radius 3 is 2.89 bits per heavy atom. The first-order valence-electron chi connectivity index (χ1n) is 6.09. The first-order valence-corrected chi connectivity index (χ1v) is 6.47. The second kappa shape index (κ2) is 6.16. The van der Waals surface area contributed by atoms with E-state index in [1.807, 2.05) is 0 Å². The maximum absolute atomic E-state index is 13.4. The number of hydrogen-bond donors (Lipinski definition) is 2. The highest BCUT2D eigenvalue weighted by Gasteiger charge is 2.20. The van der Waals surface area contributed by atoms with E-state index in [0.717, 1.165) is 25.9 Å². The second-order valence-electron chi connectivity index (χ2n) is 4.48. The van der Waals surface area contributed by atoms with Crippen LogP contribution >= 0.6 is 11.6 Å². The molecule has 0 bridgehead atoms. The highest BCUT2D eigenvalue weighted by molar-refractivity contribution is 6.30. The zero-order chi connectivity index (χ0) is 13.0. The minimum atomic E-state index is -0.343. The SMILES string of the molecule is O=C(NCc1cc(Cl)ccc1F)C1CCNCC1. The van der Waals surface area contributed by atoms with Crippen LogP contribution in [0.25, 0.3) is 0 Å². The van der Waals surface area contributed by atoms with Crippen LogP contribution in [-0.2, 0) is 11.3 Å². The van der Waals surface area contributed by atoms with Crippen LogP contribution in [0.15, 0.2) is 18.2 Å². The maximum Gasteiger partial charge on any atom is 0.223 e. The summed E-state index contributed by atoms with van der Waals surface area (Å²) in [6.07, 6.45) is 1.67. The Hall–Kier alpha value is -1.13. The Morgan fingerprint density at radius 2 is 2.17 bits per heavy atom. The minimum Gasteiger partial charge on any atom is -0.352 e. The Balaban J connectivity index is 1.90. The maximum atomic E-state index is 13.4. The van der Waals surface area contributed by atoms with Crippen molar-refractivity contribution in [2.75, 3.05) is 13.1 Å². The molecule has 0 atom stereocenters. The molecule has 1 aromatic rings. The fourth-order valence-corrected chi connectivity index (χ4v) is 2.28. The predicted molar refractivity (Wildman–Crippen MR) is 68.9 cm³/mol. The number of carbonyl (C=O) groups excluding carboxylic acids is 1. The number of benzene rings is 1. The molecule has 0 unspecified atom stereocenters. The molecule has 1 amide bonds. The van der Waals surface area contributed by atoms with Crippen molar-refractivity contribution in [1.29, 1.82) is 0 Å². The minimum absolute atomic E-state index is 0.00382. The van der Waals surface area contributed by atoms with E-state index in [1.165, 1.54) is 12.1 Å². The fraction of sp³-hybridized carbons (Fsp3) is 0.462. The van der Waals surface area contributed by atoms with Gasteiger partial charge in [-0.05, 0) is 44.1 Å². The molecule has 18 heavy (non-hydrogen) atoms. The lowest BCUT2D eigenvalue weighted by molar-refractivity contribution is -0.125. The zero-order valence-corrected chi connectivity index (χ0v) is 10.8. The topological polar surface area (TPSA) is 41.1 Å². The Morgan fingerprint density at radius 1 is 1.44 bits per heavy atom. The molecule has 1 aliphatic rings. The van der Waals surface area contributed by atoms with Gasteiger partial charge in [0.1, 0.15) is 5.82 Å². The van der Waals surface area contributed by atoms with E-state index >= 15 is 0 Å². The monoisotopic (exact) mass is 270 g/mol. The van der Waals surface area contributed by atoms with Gasteiger partial charge in [-0.1, -0.05) is 11.6 Å². The molecule has 98 valence electrons. The standard InChI is InChI=1S/C13H16ClFN2O/c14-11-1-2-12(15)10(7-11)8-17-13(18)9-3-5-16-6-4-9/h1-2,7,9,16H,3-6,8H2,(H,17,18). The van der Waals surface area contributed by atoms with Gasteiger partial charge in [-0.15, -0.1) is 0 Å². The number of piperidine rings is 1. The predicted octanol–water partition coefficient (Wildman–Crippen LogP) is 2.09. The number of hydrogen-bond acceptors (Lipinski definition) is 2. The first kappa shape index (κ1) is 13.3. The third-order valence-electron chi connectivity index (χ3n) is 3.17. The van der Waals surface area contributed by atoms with Crippen LogP contribution in [0.2, 0.25) is 5.02 Å². The van der Waals surface area contributed by atoms with E-state index in [4.69, 9.17) is 11.6 Å². The molecular weight excluding hydrogens is 255 g/mol. The molecule has 1 saturated heterocycles. The fourth-order valence-electron chi connectivity index (χ4n) is 2.09. The second-order valence-corrected chi connectivity index (χ2v) is 4.91. The van der Waals surface area contributed by atoms with Crippen molar-refractivity contribution in [3.63, 3.8) is 0 Å².